The Morgan fingerprint density at radius 3 is 2.49 bits per heavy atom. The monoisotopic (exact) mass is 509 g/mol. The summed E-state index contributed by atoms with van der Waals surface area (Å²) in [6.07, 6.45) is -2.47. The van der Waals surface area contributed by atoms with Crippen LogP contribution in [0.25, 0.3) is 22.6 Å². The minimum absolute atomic E-state index is 0.214. The molecule has 4 aromatic rings. The number of aromatic carboxylic acids is 1. The van der Waals surface area contributed by atoms with Crippen molar-refractivity contribution in [2.24, 2.45) is 5.92 Å². The number of aromatic nitrogens is 4. The van der Waals surface area contributed by atoms with Crippen molar-refractivity contribution in [3.8, 4) is 11.4 Å². The van der Waals surface area contributed by atoms with Crippen molar-refractivity contribution in [2.45, 2.75) is 39.4 Å². The molecular formula is C27H26F3N5O2. The van der Waals surface area contributed by atoms with E-state index in [1.54, 1.807) is 0 Å². The van der Waals surface area contributed by atoms with Gasteiger partial charge in [0.1, 0.15) is 11.3 Å². The second-order valence-electron chi connectivity index (χ2n) is 9.44. The normalized spacial score (nSPS) is 16.0. The lowest BCUT2D eigenvalue weighted by Crippen LogP contribution is -2.23. The van der Waals surface area contributed by atoms with Crippen LogP contribution in [0, 0.1) is 12.8 Å². The van der Waals surface area contributed by atoms with Gasteiger partial charge in [-0.2, -0.15) is 13.2 Å². The molecule has 5 rings (SSSR count). The molecule has 1 fully saturated rings. The van der Waals surface area contributed by atoms with E-state index >= 15 is 0 Å². The predicted octanol–water partition coefficient (Wildman–Crippen LogP) is 5.80. The Labute approximate surface area is 211 Å². The SMILES string of the molecule is CCC1CCN(c2nc(C(=O)O)nc3nc(-c4cccc(C)c4)n(Cc4ccc(C(F)(F)F)cc4)c23)C1. The van der Waals surface area contributed by atoms with E-state index in [0.717, 1.165) is 49.2 Å². The molecule has 1 atom stereocenters. The molecule has 2 aromatic heterocycles. The third-order valence-electron chi connectivity index (χ3n) is 6.84. The van der Waals surface area contributed by atoms with Crippen molar-refractivity contribution >= 4 is 23.0 Å². The number of benzene rings is 2. The zero-order valence-electron chi connectivity index (χ0n) is 20.5. The van der Waals surface area contributed by atoms with E-state index in [1.807, 2.05) is 35.8 Å². The third kappa shape index (κ3) is 4.87. The molecular weight excluding hydrogens is 483 g/mol. The maximum Gasteiger partial charge on any atom is 0.416 e. The van der Waals surface area contributed by atoms with Crippen molar-refractivity contribution in [3.63, 3.8) is 0 Å². The van der Waals surface area contributed by atoms with Gasteiger partial charge in [-0.15, -0.1) is 0 Å². The third-order valence-corrected chi connectivity index (χ3v) is 6.84. The average Bonchev–Trinajstić information content (AvgIpc) is 3.48. The summed E-state index contributed by atoms with van der Waals surface area (Å²) in [4.78, 5) is 27.3. The smallest absolute Gasteiger partial charge is 0.416 e. The van der Waals surface area contributed by atoms with Crippen LogP contribution in [0.4, 0.5) is 19.0 Å². The Balaban J connectivity index is 1.71. The quantitative estimate of drug-likeness (QED) is 0.354. The number of hydrogen-bond donors (Lipinski definition) is 1. The molecule has 0 radical (unpaired) electrons. The summed E-state index contributed by atoms with van der Waals surface area (Å²) in [7, 11) is 0. The number of fused-ring (bicyclic) bond motifs is 1. The van der Waals surface area contributed by atoms with Gasteiger partial charge in [0.15, 0.2) is 11.5 Å². The molecule has 37 heavy (non-hydrogen) atoms. The maximum atomic E-state index is 13.1. The van der Waals surface area contributed by atoms with Gasteiger partial charge in [-0.05, 0) is 43.0 Å². The number of alkyl halides is 3. The van der Waals surface area contributed by atoms with E-state index in [1.165, 1.54) is 12.1 Å². The van der Waals surface area contributed by atoms with Crippen LogP contribution in [0.15, 0.2) is 48.5 Å². The summed E-state index contributed by atoms with van der Waals surface area (Å²) in [6, 6.07) is 12.7. The van der Waals surface area contributed by atoms with Crippen LogP contribution in [0.2, 0.25) is 0 Å². The highest BCUT2D eigenvalue weighted by molar-refractivity contribution is 5.92. The fourth-order valence-corrected chi connectivity index (χ4v) is 4.83. The Bertz CT molecular complexity index is 1460. The molecule has 2 aromatic carbocycles. The van der Waals surface area contributed by atoms with Crippen molar-refractivity contribution in [3.05, 3.63) is 71.0 Å². The second kappa shape index (κ2) is 9.49. The second-order valence-corrected chi connectivity index (χ2v) is 9.44. The molecule has 1 N–H and O–H groups in total. The van der Waals surface area contributed by atoms with Gasteiger partial charge in [0.2, 0.25) is 5.82 Å². The van der Waals surface area contributed by atoms with Crippen molar-refractivity contribution in [2.75, 3.05) is 18.0 Å². The lowest BCUT2D eigenvalue weighted by molar-refractivity contribution is -0.137. The first-order valence-electron chi connectivity index (χ1n) is 12.1. The van der Waals surface area contributed by atoms with Crippen LogP contribution < -0.4 is 4.90 Å². The largest absolute Gasteiger partial charge is 0.475 e. The van der Waals surface area contributed by atoms with Crippen LogP contribution in [-0.2, 0) is 12.7 Å². The number of carboxylic acids is 1. The van der Waals surface area contributed by atoms with Crippen molar-refractivity contribution in [1.82, 2.24) is 19.5 Å². The number of aryl methyl sites for hydroxylation is 1. The highest BCUT2D eigenvalue weighted by Gasteiger charge is 2.31. The van der Waals surface area contributed by atoms with Gasteiger partial charge in [0.25, 0.3) is 0 Å². The van der Waals surface area contributed by atoms with Crippen LogP contribution in [0.3, 0.4) is 0 Å². The van der Waals surface area contributed by atoms with E-state index in [4.69, 9.17) is 4.98 Å². The first kappa shape index (κ1) is 24.7. The number of imidazole rings is 1. The Hall–Kier alpha value is -3.95. The van der Waals surface area contributed by atoms with Gasteiger partial charge in [-0.3, -0.25) is 0 Å². The summed E-state index contributed by atoms with van der Waals surface area (Å²) in [5.74, 6) is -0.0957. The minimum atomic E-state index is -4.42. The molecule has 1 aliphatic heterocycles. The Morgan fingerprint density at radius 2 is 1.86 bits per heavy atom. The zero-order valence-corrected chi connectivity index (χ0v) is 20.5. The maximum absolute atomic E-state index is 13.1. The number of nitrogens with zero attached hydrogens (tertiary/aromatic N) is 5. The van der Waals surface area contributed by atoms with Gasteiger partial charge in [-0.1, -0.05) is 49.2 Å². The lowest BCUT2D eigenvalue weighted by Gasteiger charge is -2.20. The molecule has 0 aliphatic carbocycles. The molecule has 0 saturated carbocycles. The molecule has 7 nitrogen and oxygen atoms in total. The zero-order chi connectivity index (χ0) is 26.3. The Kier molecular flexibility index (Phi) is 6.35. The fraction of sp³-hybridized carbons (Fsp3) is 0.333. The minimum Gasteiger partial charge on any atom is -0.475 e. The predicted molar refractivity (Wildman–Crippen MR) is 134 cm³/mol. The highest BCUT2D eigenvalue weighted by atomic mass is 19.4. The summed E-state index contributed by atoms with van der Waals surface area (Å²) in [5.41, 5.74) is 2.53. The van der Waals surface area contributed by atoms with Gasteiger partial charge >= 0.3 is 12.1 Å². The van der Waals surface area contributed by atoms with E-state index in [9.17, 15) is 23.1 Å². The van der Waals surface area contributed by atoms with Crippen LogP contribution >= 0.6 is 0 Å². The first-order valence-corrected chi connectivity index (χ1v) is 12.1. The van der Waals surface area contributed by atoms with Crippen molar-refractivity contribution in [1.29, 1.82) is 0 Å². The van der Waals surface area contributed by atoms with E-state index in [2.05, 4.69) is 21.8 Å². The summed E-state index contributed by atoms with van der Waals surface area (Å²) in [6.45, 7) is 5.74. The van der Waals surface area contributed by atoms with Gasteiger partial charge in [0.05, 0.1) is 5.56 Å². The molecule has 3 heterocycles. The molecule has 1 aliphatic rings. The standard InChI is InChI=1S/C27H26F3N5O2/c1-3-17-11-12-34(14-17)25-21-22(31-23(33-25)26(36)37)32-24(19-6-4-5-16(2)13-19)35(21)15-18-7-9-20(10-8-18)27(28,29)30/h4-10,13,17H,3,11-12,14-15H2,1-2H3,(H,36,37). The average molecular weight is 510 g/mol. The van der Waals surface area contributed by atoms with E-state index < -0.39 is 17.7 Å². The number of hydrogen-bond acceptors (Lipinski definition) is 5. The van der Waals surface area contributed by atoms with Crippen LogP contribution in [-0.4, -0.2) is 43.7 Å². The van der Waals surface area contributed by atoms with Crippen molar-refractivity contribution < 1.29 is 23.1 Å². The van der Waals surface area contributed by atoms with Crippen LogP contribution in [0.5, 0.6) is 0 Å². The number of rotatable bonds is 6. The lowest BCUT2D eigenvalue weighted by atomic mass is 10.1. The van der Waals surface area contributed by atoms with E-state index in [-0.39, 0.29) is 18.0 Å². The van der Waals surface area contributed by atoms with Gasteiger partial charge < -0.3 is 14.6 Å². The molecule has 0 amide bonds. The molecule has 0 bridgehead atoms. The Morgan fingerprint density at radius 1 is 1.11 bits per heavy atom. The molecule has 192 valence electrons. The van der Waals surface area contributed by atoms with Gasteiger partial charge in [0, 0.05) is 25.2 Å². The number of anilines is 1. The summed E-state index contributed by atoms with van der Waals surface area (Å²) < 4.78 is 41.3. The van der Waals surface area contributed by atoms with Gasteiger partial charge in [-0.25, -0.2) is 19.7 Å². The first-order chi connectivity index (χ1) is 17.6. The summed E-state index contributed by atoms with van der Waals surface area (Å²) >= 11 is 0. The molecule has 1 unspecified atom stereocenters. The molecule has 1 saturated heterocycles. The summed E-state index contributed by atoms with van der Waals surface area (Å²) in [5, 5.41) is 9.70. The molecule has 10 heteroatoms. The number of carboxylic acid groups (broad SMARTS) is 1. The number of carbonyl (C=O) groups is 1. The highest BCUT2D eigenvalue weighted by Crippen LogP contribution is 2.35. The van der Waals surface area contributed by atoms with E-state index in [0.29, 0.717) is 28.6 Å². The topological polar surface area (TPSA) is 84.1 Å². The number of halogens is 3. The molecule has 0 spiro atoms. The van der Waals surface area contributed by atoms with Crippen LogP contribution in [0.1, 0.15) is 47.1 Å². The fourth-order valence-electron chi connectivity index (χ4n) is 4.83.